The Morgan fingerprint density at radius 2 is 1.85 bits per heavy atom. The molecule has 1 aromatic carbocycles. The summed E-state index contributed by atoms with van der Waals surface area (Å²) in [4.78, 5) is 24.9. The second-order valence-electron chi connectivity index (χ2n) is 4.43. The topological polar surface area (TPSA) is 87.5 Å². The van der Waals surface area contributed by atoms with Crippen LogP contribution < -0.4 is 16.6 Å². The zero-order valence-corrected chi connectivity index (χ0v) is 12.0. The van der Waals surface area contributed by atoms with Crippen LogP contribution in [0.5, 0.6) is 0 Å². The Bertz CT molecular complexity index is 445. The van der Waals surface area contributed by atoms with Crippen LogP contribution in [-0.4, -0.2) is 36.3 Å². The van der Waals surface area contributed by atoms with E-state index in [1.54, 1.807) is 12.1 Å². The summed E-state index contributed by atoms with van der Waals surface area (Å²) in [5.41, 5.74) is 3.65. The number of carbonyl (C=O) groups is 2. The van der Waals surface area contributed by atoms with Gasteiger partial charge < -0.3 is 5.32 Å². The molecule has 110 valence electrons. The zero-order chi connectivity index (χ0) is 15.0. The maximum Gasteiger partial charge on any atom is 0.265 e. The van der Waals surface area contributed by atoms with Gasteiger partial charge in [-0.05, 0) is 31.2 Å². The molecule has 0 radical (unpaired) electrons. The molecule has 0 fully saturated rings. The Morgan fingerprint density at radius 3 is 2.35 bits per heavy atom. The van der Waals surface area contributed by atoms with E-state index in [0.717, 1.165) is 12.1 Å². The molecule has 0 unspecified atom stereocenters. The van der Waals surface area contributed by atoms with Crippen molar-refractivity contribution in [3.63, 3.8) is 0 Å². The quantitative estimate of drug-likeness (QED) is 0.379. The van der Waals surface area contributed by atoms with E-state index in [-0.39, 0.29) is 11.8 Å². The van der Waals surface area contributed by atoms with Crippen LogP contribution in [-0.2, 0) is 11.3 Å². The molecular weight excluding hydrogens is 256 g/mol. The van der Waals surface area contributed by atoms with Crippen LogP contribution in [0.25, 0.3) is 0 Å². The summed E-state index contributed by atoms with van der Waals surface area (Å²) >= 11 is 0. The molecule has 0 saturated carbocycles. The second kappa shape index (κ2) is 8.29. The Labute approximate surface area is 119 Å². The summed E-state index contributed by atoms with van der Waals surface area (Å²) in [5.74, 6) is 4.78. The average molecular weight is 278 g/mol. The predicted molar refractivity (Wildman–Crippen MR) is 77.7 cm³/mol. The van der Waals surface area contributed by atoms with E-state index in [0.29, 0.717) is 25.2 Å². The molecule has 1 rings (SSSR count). The summed E-state index contributed by atoms with van der Waals surface area (Å²) in [6.45, 7) is 6.36. The zero-order valence-electron chi connectivity index (χ0n) is 12.0. The van der Waals surface area contributed by atoms with Crippen molar-refractivity contribution >= 4 is 11.8 Å². The summed E-state index contributed by atoms with van der Waals surface area (Å²) in [7, 11) is 0. The number of nitrogens with two attached hydrogens (primary N) is 1. The van der Waals surface area contributed by atoms with E-state index >= 15 is 0 Å². The number of nitrogens with one attached hydrogen (secondary N) is 2. The van der Waals surface area contributed by atoms with Crippen molar-refractivity contribution in [1.29, 1.82) is 0 Å². The Morgan fingerprint density at radius 1 is 1.20 bits per heavy atom. The third-order valence-corrected chi connectivity index (χ3v) is 2.94. The summed E-state index contributed by atoms with van der Waals surface area (Å²) < 4.78 is 0. The summed E-state index contributed by atoms with van der Waals surface area (Å²) in [6, 6.07) is 7.17. The molecule has 0 saturated heterocycles. The molecule has 0 bridgehead atoms. The van der Waals surface area contributed by atoms with Gasteiger partial charge in [-0.2, -0.15) is 0 Å². The molecule has 1 aromatic rings. The van der Waals surface area contributed by atoms with Crippen molar-refractivity contribution in [2.75, 3.05) is 19.6 Å². The number of carbonyl (C=O) groups excluding carboxylic acids is 2. The fourth-order valence-corrected chi connectivity index (χ4v) is 1.84. The standard InChI is InChI=1S/C14H22N4O2/c1-3-16-13(19)10-18(4-2)9-11-5-7-12(8-6-11)14(20)17-15/h5-8H,3-4,9-10,15H2,1-2H3,(H,16,19)(H,17,20). The van der Waals surface area contributed by atoms with E-state index in [4.69, 9.17) is 5.84 Å². The van der Waals surface area contributed by atoms with Gasteiger partial charge in [-0.3, -0.25) is 19.9 Å². The lowest BCUT2D eigenvalue weighted by Crippen LogP contribution is -2.36. The lowest BCUT2D eigenvalue weighted by Gasteiger charge is -2.19. The highest BCUT2D eigenvalue weighted by Gasteiger charge is 2.09. The first-order valence-electron chi connectivity index (χ1n) is 6.69. The van der Waals surface area contributed by atoms with Crippen molar-refractivity contribution in [1.82, 2.24) is 15.6 Å². The predicted octanol–water partition coefficient (Wildman–Crippen LogP) is 0.248. The van der Waals surface area contributed by atoms with Gasteiger partial charge in [0.2, 0.25) is 5.91 Å². The highest BCUT2D eigenvalue weighted by atomic mass is 16.2. The van der Waals surface area contributed by atoms with Gasteiger partial charge in [0.1, 0.15) is 0 Å². The van der Waals surface area contributed by atoms with E-state index in [2.05, 4.69) is 10.7 Å². The molecule has 0 aliphatic carbocycles. The molecule has 0 aliphatic rings. The van der Waals surface area contributed by atoms with Crippen LogP contribution in [0.2, 0.25) is 0 Å². The highest BCUT2D eigenvalue weighted by molar-refractivity contribution is 5.93. The van der Waals surface area contributed by atoms with E-state index in [9.17, 15) is 9.59 Å². The first kappa shape index (κ1) is 16.1. The second-order valence-corrected chi connectivity index (χ2v) is 4.43. The molecule has 6 nitrogen and oxygen atoms in total. The van der Waals surface area contributed by atoms with Crippen molar-refractivity contribution in [3.8, 4) is 0 Å². The molecule has 0 heterocycles. The largest absolute Gasteiger partial charge is 0.355 e. The minimum Gasteiger partial charge on any atom is -0.355 e. The molecule has 0 aromatic heterocycles. The average Bonchev–Trinajstić information content (AvgIpc) is 2.46. The van der Waals surface area contributed by atoms with Gasteiger partial charge in [0.25, 0.3) is 5.91 Å². The van der Waals surface area contributed by atoms with Gasteiger partial charge in [-0.1, -0.05) is 19.1 Å². The molecule has 6 heteroatoms. The summed E-state index contributed by atoms with van der Waals surface area (Å²) in [6.07, 6.45) is 0. The lowest BCUT2D eigenvalue weighted by atomic mass is 10.1. The van der Waals surface area contributed by atoms with Crippen LogP contribution in [0.1, 0.15) is 29.8 Å². The van der Waals surface area contributed by atoms with E-state index in [1.807, 2.05) is 30.9 Å². The number of hydrogen-bond acceptors (Lipinski definition) is 4. The Kier molecular flexibility index (Phi) is 6.69. The van der Waals surface area contributed by atoms with Crippen LogP contribution >= 0.6 is 0 Å². The lowest BCUT2D eigenvalue weighted by molar-refractivity contribution is -0.122. The molecule has 0 atom stereocenters. The van der Waals surface area contributed by atoms with E-state index < -0.39 is 0 Å². The fourth-order valence-electron chi connectivity index (χ4n) is 1.84. The number of amides is 2. The first-order chi connectivity index (χ1) is 9.60. The van der Waals surface area contributed by atoms with Crippen LogP contribution in [0.4, 0.5) is 0 Å². The number of likely N-dealkylation sites (N-methyl/N-ethyl adjacent to an activating group) is 2. The minimum absolute atomic E-state index is 0.0217. The molecule has 0 spiro atoms. The van der Waals surface area contributed by atoms with Gasteiger partial charge in [0.05, 0.1) is 6.54 Å². The molecule has 2 amide bonds. The van der Waals surface area contributed by atoms with Gasteiger partial charge in [-0.15, -0.1) is 0 Å². The highest BCUT2D eigenvalue weighted by Crippen LogP contribution is 2.07. The van der Waals surface area contributed by atoms with Crippen molar-refractivity contribution in [2.24, 2.45) is 5.84 Å². The maximum atomic E-state index is 11.6. The molecule has 20 heavy (non-hydrogen) atoms. The fraction of sp³-hybridized carbons (Fsp3) is 0.429. The van der Waals surface area contributed by atoms with Crippen molar-refractivity contribution in [3.05, 3.63) is 35.4 Å². The van der Waals surface area contributed by atoms with Crippen molar-refractivity contribution < 1.29 is 9.59 Å². The third-order valence-electron chi connectivity index (χ3n) is 2.94. The number of benzene rings is 1. The van der Waals surface area contributed by atoms with Crippen LogP contribution in [0.3, 0.4) is 0 Å². The SMILES string of the molecule is CCNC(=O)CN(CC)Cc1ccc(C(=O)NN)cc1. The number of nitrogens with zero attached hydrogens (tertiary/aromatic N) is 1. The molecular formula is C14H22N4O2. The van der Waals surface area contributed by atoms with Crippen LogP contribution in [0.15, 0.2) is 24.3 Å². The maximum absolute atomic E-state index is 11.6. The van der Waals surface area contributed by atoms with Gasteiger partial charge in [-0.25, -0.2) is 5.84 Å². The van der Waals surface area contributed by atoms with E-state index in [1.165, 1.54) is 0 Å². The number of hydrogen-bond donors (Lipinski definition) is 3. The van der Waals surface area contributed by atoms with Crippen LogP contribution in [0, 0.1) is 0 Å². The number of hydrazine groups is 1. The Hall–Kier alpha value is -1.92. The number of rotatable bonds is 7. The summed E-state index contributed by atoms with van der Waals surface area (Å²) in [5, 5.41) is 2.78. The number of nitrogen functional groups attached to an aromatic ring is 1. The van der Waals surface area contributed by atoms with Gasteiger partial charge in [0.15, 0.2) is 0 Å². The smallest absolute Gasteiger partial charge is 0.265 e. The normalized spacial score (nSPS) is 10.4. The Balaban J connectivity index is 2.61. The van der Waals surface area contributed by atoms with Gasteiger partial charge >= 0.3 is 0 Å². The van der Waals surface area contributed by atoms with Gasteiger partial charge in [0, 0.05) is 18.7 Å². The first-order valence-corrected chi connectivity index (χ1v) is 6.69. The monoisotopic (exact) mass is 278 g/mol. The molecule has 4 N–H and O–H groups in total. The molecule has 0 aliphatic heterocycles. The van der Waals surface area contributed by atoms with Crippen molar-refractivity contribution in [2.45, 2.75) is 20.4 Å². The minimum atomic E-state index is -0.314. The third kappa shape index (κ3) is 4.99.